The molecule has 120 heavy (non-hydrogen) atoms. The molecule has 10 aromatic rings. The summed E-state index contributed by atoms with van der Waals surface area (Å²) in [5.41, 5.74) is 5.66. The largest absolute Gasteiger partial charge is 0.494 e. The quantitative estimate of drug-likeness (QED) is 0.0150. The van der Waals surface area contributed by atoms with E-state index in [9.17, 15) is 0 Å². The van der Waals surface area contributed by atoms with E-state index in [1.165, 1.54) is 0 Å². The minimum atomic E-state index is -0.567. The normalized spacial score (nSPS) is 21.4. The molecule has 0 saturated heterocycles. The number of ether oxygens (including phenoxy) is 12. The summed E-state index contributed by atoms with van der Waals surface area (Å²) in [6.07, 6.45) is 14.5. The molecule has 0 amide bonds. The van der Waals surface area contributed by atoms with E-state index in [0.29, 0.717) is 110 Å². The molecule has 0 aliphatic heterocycles. The third kappa shape index (κ3) is 19.5. The van der Waals surface area contributed by atoms with Crippen LogP contribution in [0.15, 0.2) is 182 Å². The molecule has 0 aromatic heterocycles. The number of carbonyl (C=O) groups excluding carboxylic acids is 6. The van der Waals surface area contributed by atoms with Crippen LogP contribution >= 0.6 is 0 Å². The maximum atomic E-state index is 15.1. The fraction of sp³-hybridized carbons (Fsp3) is 0.412. The first-order valence-electron chi connectivity index (χ1n) is 43.9. The zero-order valence-corrected chi connectivity index (χ0v) is 69.6. The molecular weight excluding hydrogens is 1510 g/mol. The lowest BCUT2D eigenvalue weighted by Crippen LogP contribution is -2.16. The molecule has 10 aromatic carbocycles. The van der Waals surface area contributed by atoms with Gasteiger partial charge in [-0.25, -0.2) is 0 Å². The van der Waals surface area contributed by atoms with Gasteiger partial charge in [0.05, 0.1) is 75.1 Å². The van der Waals surface area contributed by atoms with Crippen molar-refractivity contribution < 1.29 is 85.6 Å². The van der Waals surface area contributed by atoms with Gasteiger partial charge < -0.3 is 56.8 Å². The summed E-state index contributed by atoms with van der Waals surface area (Å²) in [4.78, 5) is 90.5. The first-order chi connectivity index (χ1) is 58.7. The first kappa shape index (κ1) is 82.3. The number of rotatable bonds is 42. The van der Waals surface area contributed by atoms with E-state index in [4.69, 9.17) is 56.8 Å². The van der Waals surface area contributed by atoms with Crippen molar-refractivity contribution in [3.05, 3.63) is 215 Å². The number of unbranched alkanes of at least 4 members (excludes halogenated alkanes) is 6. The van der Waals surface area contributed by atoms with Crippen LogP contribution in [-0.4, -0.2) is 75.5 Å². The highest BCUT2D eigenvalue weighted by molar-refractivity contribution is 6.27. The molecule has 0 radical (unpaired) electrons. The second kappa shape index (κ2) is 37.5. The monoisotopic (exact) mass is 1620 g/mol. The molecule has 18 heteroatoms. The molecule has 6 fully saturated rings. The van der Waals surface area contributed by atoms with Crippen LogP contribution in [0.2, 0.25) is 0 Å². The number of carbonyl (C=O) groups is 6. The van der Waals surface area contributed by atoms with Gasteiger partial charge in [0.1, 0.15) is 34.5 Å². The van der Waals surface area contributed by atoms with E-state index < -0.39 is 71.3 Å². The summed E-state index contributed by atoms with van der Waals surface area (Å²) >= 11 is 0. The average Bonchev–Trinajstić information content (AvgIpc) is 1.71. The smallest absolute Gasteiger partial charge is 0.315 e. The number of benzene rings is 10. The molecule has 624 valence electrons. The van der Waals surface area contributed by atoms with Gasteiger partial charge in [0.25, 0.3) is 0 Å². The molecule has 16 rings (SSSR count). The third-order valence-electron chi connectivity index (χ3n) is 24.4. The summed E-state index contributed by atoms with van der Waals surface area (Å²) in [6.45, 7) is 16.2. The molecule has 6 saturated carbocycles. The zero-order valence-electron chi connectivity index (χ0n) is 69.6. The van der Waals surface area contributed by atoms with Crippen molar-refractivity contribution in [2.75, 3.05) is 39.6 Å². The lowest BCUT2D eigenvalue weighted by Gasteiger charge is -2.19. The second-order valence-electron chi connectivity index (χ2n) is 33.4. The van der Waals surface area contributed by atoms with Gasteiger partial charge in [0.2, 0.25) is 0 Å². The summed E-state index contributed by atoms with van der Waals surface area (Å²) in [7, 11) is 0. The van der Waals surface area contributed by atoms with E-state index in [1.807, 2.05) is 146 Å². The average molecular weight is 1620 g/mol. The molecule has 12 unspecified atom stereocenters. The minimum Gasteiger partial charge on any atom is -0.494 e. The molecule has 12 atom stereocenters. The fourth-order valence-corrected chi connectivity index (χ4v) is 16.4. The van der Waals surface area contributed by atoms with Gasteiger partial charge in [0, 0.05) is 0 Å². The van der Waals surface area contributed by atoms with Crippen molar-refractivity contribution >= 4 is 68.1 Å². The molecule has 0 heterocycles. The van der Waals surface area contributed by atoms with Crippen LogP contribution in [-0.2, 0) is 28.8 Å². The van der Waals surface area contributed by atoms with Crippen LogP contribution in [0, 0.1) is 35.5 Å². The van der Waals surface area contributed by atoms with Gasteiger partial charge in [0.15, 0.2) is 34.5 Å². The van der Waals surface area contributed by atoms with Crippen molar-refractivity contribution in [2.24, 2.45) is 35.5 Å². The lowest BCUT2D eigenvalue weighted by atomic mass is 9.93. The molecule has 0 spiro atoms. The molecule has 6 aliphatic carbocycles. The van der Waals surface area contributed by atoms with Crippen LogP contribution in [0.25, 0.3) is 32.3 Å². The van der Waals surface area contributed by atoms with Gasteiger partial charge >= 0.3 is 35.8 Å². The Morgan fingerprint density at radius 2 is 0.350 bits per heavy atom. The van der Waals surface area contributed by atoms with E-state index in [-0.39, 0.29) is 70.0 Å². The topological polar surface area (TPSA) is 213 Å². The Morgan fingerprint density at radius 3 is 0.475 bits per heavy atom. The maximum Gasteiger partial charge on any atom is 0.315 e. The Kier molecular flexibility index (Phi) is 25.7. The summed E-state index contributed by atoms with van der Waals surface area (Å²) in [6, 6.07) is 56.7. The predicted octanol–water partition coefficient (Wildman–Crippen LogP) is 22.5. The Labute approximate surface area is 702 Å². The van der Waals surface area contributed by atoms with E-state index in [2.05, 4.69) is 41.5 Å². The van der Waals surface area contributed by atoms with Gasteiger partial charge in [-0.2, -0.15) is 0 Å². The van der Waals surface area contributed by atoms with E-state index >= 15 is 28.8 Å². The molecular formula is C102H108O18. The SMILES string of the molecule is CCCCOc1ccc(C2CC2C(=O)Oc2cc3c4cc(OC(=O)C5CC5c5ccc(OCCCC)cc5)c(OC(=O)C5CC5c5ccc(OCCCC)cc5)cc4c4cc(OC(=O)C5CC5c5ccc(OCCCC)cc5)c(OC(=O)C5CC5c5ccc(OCCCC)cc5)cc4c3cc2OC(=O)C2CC2c2ccc(OCCCC)cc2)cc1. The van der Waals surface area contributed by atoms with Crippen LogP contribution in [0.4, 0.5) is 0 Å². The van der Waals surface area contributed by atoms with Gasteiger partial charge in [-0.3, -0.25) is 28.8 Å². The highest BCUT2D eigenvalue weighted by Gasteiger charge is 2.51. The number of hydrogen-bond donors (Lipinski definition) is 0. The predicted molar refractivity (Wildman–Crippen MR) is 459 cm³/mol. The fourth-order valence-electron chi connectivity index (χ4n) is 16.4. The molecule has 0 N–H and O–H groups in total. The number of esters is 6. The van der Waals surface area contributed by atoms with Crippen LogP contribution < -0.4 is 56.8 Å². The van der Waals surface area contributed by atoms with E-state index in [1.54, 1.807) is 36.4 Å². The molecule has 6 aliphatic rings. The Bertz CT molecular complexity index is 4450. The van der Waals surface area contributed by atoms with Crippen molar-refractivity contribution in [1.82, 2.24) is 0 Å². The first-order valence-corrected chi connectivity index (χ1v) is 43.9. The van der Waals surface area contributed by atoms with Crippen molar-refractivity contribution in [3.8, 4) is 69.0 Å². The Balaban J connectivity index is 0.823. The summed E-state index contributed by atoms with van der Waals surface area (Å²) in [5.74, 6) is -3.73. The third-order valence-corrected chi connectivity index (χ3v) is 24.4. The summed E-state index contributed by atoms with van der Waals surface area (Å²) < 4.78 is 75.8. The Morgan fingerprint density at radius 1 is 0.217 bits per heavy atom. The number of hydrogen-bond acceptors (Lipinski definition) is 18. The minimum absolute atomic E-state index is 0.0650. The van der Waals surface area contributed by atoms with Gasteiger partial charge in [-0.15, -0.1) is 0 Å². The standard InChI is InChI=1S/C102H108O18/c1-7-13-43-109-67-31-19-61(20-32-67)73-49-85(73)97(103)115-91-55-79-80(56-92(91)116-98(104)86-50-74(86)62-21-33-68(34-22-62)110-44-14-8-2)82-58-94(118-100(106)88-52-76(88)64-25-37-70(38-26-64)112-46-16-10-4)96(120-102(108)90-54-78(90)66-29-41-72(42-30-66)114-48-18-12-6)60-84(82)83-59-95(119-101(107)89-53-77(89)65-27-39-71(40-28-65)113-47-17-11-5)93(57-81(79)83)117-99(105)87-51-75(87)63-23-35-69(36-24-63)111-45-15-9-3/h19-42,55-60,73-78,85-90H,7-18,43-54H2,1-6H3. The van der Waals surface area contributed by atoms with Crippen LogP contribution in [0.3, 0.4) is 0 Å². The highest BCUT2D eigenvalue weighted by atomic mass is 16.6. The van der Waals surface area contributed by atoms with Gasteiger partial charge in [-0.05, 0) is 287 Å². The maximum absolute atomic E-state index is 15.1. The number of fused-ring (bicyclic) bond motifs is 6. The van der Waals surface area contributed by atoms with Crippen LogP contribution in [0.5, 0.6) is 69.0 Å². The van der Waals surface area contributed by atoms with Crippen molar-refractivity contribution in [2.45, 2.75) is 193 Å². The van der Waals surface area contributed by atoms with Gasteiger partial charge in [-0.1, -0.05) is 153 Å². The Hall–Kier alpha value is -11.4. The zero-order chi connectivity index (χ0) is 82.9. The summed E-state index contributed by atoms with van der Waals surface area (Å²) in [5, 5.41) is 2.48. The van der Waals surface area contributed by atoms with Crippen molar-refractivity contribution in [1.29, 1.82) is 0 Å². The van der Waals surface area contributed by atoms with E-state index in [0.717, 1.165) is 145 Å². The van der Waals surface area contributed by atoms with Crippen molar-refractivity contribution in [3.63, 3.8) is 0 Å². The highest BCUT2D eigenvalue weighted by Crippen LogP contribution is 2.57. The molecule has 0 bridgehead atoms. The lowest BCUT2D eigenvalue weighted by molar-refractivity contribution is -0.138. The second-order valence-corrected chi connectivity index (χ2v) is 33.4. The van der Waals surface area contributed by atoms with Crippen LogP contribution in [0.1, 0.15) is 226 Å². The molecule has 18 nitrogen and oxygen atoms in total.